The summed E-state index contributed by atoms with van der Waals surface area (Å²) in [4.78, 5) is 4.67. The fraction of sp³-hybridized carbons (Fsp3) is 0.0435. The van der Waals surface area contributed by atoms with Gasteiger partial charge in [-0.2, -0.15) is 0 Å². The Balaban J connectivity index is 1.24. The number of allylic oxidation sites excluding steroid dienone is 6. The van der Waals surface area contributed by atoms with Crippen LogP contribution in [0.1, 0.15) is 17.5 Å². The monoisotopic (exact) mass is 616 g/mol. The number of anilines is 5. The second-order valence-electron chi connectivity index (χ2n) is 11.7. The highest BCUT2D eigenvalue weighted by atomic mass is 15.2. The summed E-state index contributed by atoms with van der Waals surface area (Å²) < 4.78 is 0. The minimum atomic E-state index is 0.873. The third-order valence-electron chi connectivity index (χ3n) is 8.79. The van der Waals surface area contributed by atoms with Crippen LogP contribution in [0.5, 0.6) is 0 Å². The minimum Gasteiger partial charge on any atom is -0.311 e. The largest absolute Gasteiger partial charge is 0.311 e. The summed E-state index contributed by atoms with van der Waals surface area (Å²) in [5.41, 5.74) is 11.3. The molecule has 6 aromatic rings. The summed E-state index contributed by atoms with van der Waals surface area (Å²) in [6.07, 6.45) is 21.0. The molecule has 0 spiro atoms. The number of para-hydroxylation sites is 1. The zero-order chi connectivity index (χ0) is 32.7. The van der Waals surface area contributed by atoms with Crippen molar-refractivity contribution in [3.8, 4) is 23.5 Å². The van der Waals surface area contributed by atoms with Gasteiger partial charge in [0.2, 0.25) is 0 Å². The Hall–Kier alpha value is -6.30. The molecule has 0 unspecified atom stereocenters. The lowest BCUT2D eigenvalue weighted by molar-refractivity contribution is 1.16. The molecule has 230 valence electrons. The lowest BCUT2D eigenvalue weighted by Gasteiger charge is -2.29. The molecule has 0 saturated carbocycles. The first-order chi connectivity index (χ1) is 23.7. The molecule has 0 aromatic heterocycles. The van der Waals surface area contributed by atoms with Crippen LogP contribution in [-0.4, -0.2) is 0 Å². The topological polar surface area (TPSA) is 6.48 Å². The molecule has 0 bridgehead atoms. The molecular formula is C46H36N2. The molecule has 0 heterocycles. The van der Waals surface area contributed by atoms with Gasteiger partial charge >= 0.3 is 0 Å². The SMILES string of the molecule is C#C/C=C\c1cccc(N(C2=CCC=CC=C2)c2ccc(-c3ccc(N(c4ccccc4)c4cccc5ccccc45)cc3)cc2)c1C. The Morgan fingerprint density at radius 1 is 0.604 bits per heavy atom. The van der Waals surface area contributed by atoms with Crippen molar-refractivity contribution in [2.24, 2.45) is 0 Å². The number of rotatable bonds is 8. The van der Waals surface area contributed by atoms with Gasteiger partial charge in [-0.3, -0.25) is 0 Å². The lowest BCUT2D eigenvalue weighted by Crippen LogP contribution is -2.16. The standard InChI is InChI=1S/C46H36N2/c1-3-4-16-36-18-14-25-45(35(36)2)47(40-20-8-5-6-9-21-40)42-31-27-37(28-32-42)38-29-33-43(34-30-38)48(41-22-10-7-11-23-41)46-26-15-19-39-17-12-13-24-44(39)46/h1,4-8,10-34H,9H2,2H3/b16-4-. The van der Waals surface area contributed by atoms with E-state index in [9.17, 15) is 0 Å². The number of hydrogen-bond donors (Lipinski definition) is 0. The molecule has 1 aliphatic carbocycles. The normalized spacial score (nSPS) is 12.5. The van der Waals surface area contributed by atoms with Crippen LogP contribution >= 0.6 is 0 Å². The summed E-state index contributed by atoms with van der Waals surface area (Å²) in [5, 5.41) is 2.44. The molecule has 2 nitrogen and oxygen atoms in total. The molecule has 7 rings (SSSR count). The zero-order valence-corrected chi connectivity index (χ0v) is 27.0. The smallest absolute Gasteiger partial charge is 0.0540 e. The summed E-state index contributed by atoms with van der Waals surface area (Å²) in [5.74, 6) is 2.62. The molecule has 0 atom stereocenters. The zero-order valence-electron chi connectivity index (χ0n) is 27.0. The van der Waals surface area contributed by atoms with Gasteiger partial charge in [0, 0.05) is 33.8 Å². The van der Waals surface area contributed by atoms with E-state index in [0.29, 0.717) is 0 Å². The van der Waals surface area contributed by atoms with Crippen LogP contribution < -0.4 is 9.80 Å². The van der Waals surface area contributed by atoms with Crippen molar-refractivity contribution >= 4 is 45.3 Å². The Morgan fingerprint density at radius 2 is 1.23 bits per heavy atom. The average Bonchev–Trinajstić information content (AvgIpc) is 3.43. The number of hydrogen-bond acceptors (Lipinski definition) is 2. The first-order valence-corrected chi connectivity index (χ1v) is 16.3. The fourth-order valence-corrected chi connectivity index (χ4v) is 6.38. The van der Waals surface area contributed by atoms with Gasteiger partial charge in [-0.15, -0.1) is 6.42 Å². The third-order valence-corrected chi connectivity index (χ3v) is 8.79. The highest BCUT2D eigenvalue weighted by Gasteiger charge is 2.18. The Labute approximate surface area is 283 Å². The van der Waals surface area contributed by atoms with Gasteiger partial charge in [0.25, 0.3) is 0 Å². The molecule has 6 aromatic carbocycles. The van der Waals surface area contributed by atoms with Crippen LogP contribution in [-0.2, 0) is 0 Å². The second-order valence-corrected chi connectivity index (χ2v) is 11.7. The first kappa shape index (κ1) is 30.4. The first-order valence-electron chi connectivity index (χ1n) is 16.3. The van der Waals surface area contributed by atoms with E-state index in [-0.39, 0.29) is 0 Å². The Kier molecular flexibility index (Phi) is 8.85. The number of nitrogens with zero attached hydrogens (tertiary/aromatic N) is 2. The van der Waals surface area contributed by atoms with Gasteiger partial charge in [-0.1, -0.05) is 121 Å². The van der Waals surface area contributed by atoms with Crippen molar-refractivity contribution in [1.82, 2.24) is 0 Å². The fourth-order valence-electron chi connectivity index (χ4n) is 6.38. The lowest BCUT2D eigenvalue weighted by atomic mass is 10.0. The predicted octanol–water partition coefficient (Wildman–Crippen LogP) is 12.5. The van der Waals surface area contributed by atoms with E-state index in [4.69, 9.17) is 6.42 Å². The molecule has 2 heteroatoms. The molecule has 0 amide bonds. The van der Waals surface area contributed by atoms with Crippen LogP contribution in [0.25, 0.3) is 28.0 Å². The van der Waals surface area contributed by atoms with Crippen molar-refractivity contribution in [3.05, 3.63) is 193 Å². The molecule has 0 saturated heterocycles. The van der Waals surface area contributed by atoms with E-state index in [0.717, 1.165) is 57.2 Å². The van der Waals surface area contributed by atoms with Gasteiger partial charge in [-0.25, -0.2) is 0 Å². The molecule has 0 radical (unpaired) electrons. The number of benzene rings is 6. The van der Waals surface area contributed by atoms with Crippen LogP contribution in [0, 0.1) is 19.3 Å². The maximum Gasteiger partial charge on any atom is 0.0540 e. The van der Waals surface area contributed by atoms with Crippen molar-refractivity contribution in [3.63, 3.8) is 0 Å². The maximum absolute atomic E-state index is 5.53. The van der Waals surface area contributed by atoms with Crippen LogP contribution in [0.4, 0.5) is 28.4 Å². The van der Waals surface area contributed by atoms with Crippen molar-refractivity contribution < 1.29 is 0 Å². The molecule has 0 aliphatic heterocycles. The molecule has 0 fully saturated rings. The molecule has 48 heavy (non-hydrogen) atoms. The Morgan fingerprint density at radius 3 is 1.98 bits per heavy atom. The third kappa shape index (κ3) is 6.23. The van der Waals surface area contributed by atoms with Crippen molar-refractivity contribution in [2.75, 3.05) is 9.80 Å². The van der Waals surface area contributed by atoms with Crippen LogP contribution in [0.2, 0.25) is 0 Å². The Bertz CT molecular complexity index is 2200. The molecule has 0 N–H and O–H groups in total. The minimum absolute atomic E-state index is 0.873. The summed E-state index contributed by atoms with van der Waals surface area (Å²) in [6.45, 7) is 2.16. The number of fused-ring (bicyclic) bond motifs is 1. The summed E-state index contributed by atoms with van der Waals surface area (Å²) in [6, 6.07) is 49.8. The van der Waals surface area contributed by atoms with E-state index < -0.39 is 0 Å². The van der Waals surface area contributed by atoms with Crippen LogP contribution in [0.3, 0.4) is 0 Å². The highest BCUT2D eigenvalue weighted by molar-refractivity contribution is 5.99. The van der Waals surface area contributed by atoms with E-state index in [1.807, 2.05) is 6.08 Å². The summed E-state index contributed by atoms with van der Waals surface area (Å²) >= 11 is 0. The average molecular weight is 617 g/mol. The van der Waals surface area contributed by atoms with Gasteiger partial charge in [-0.05, 0) is 108 Å². The molecule has 1 aliphatic rings. The van der Waals surface area contributed by atoms with E-state index in [1.165, 1.54) is 16.3 Å². The maximum atomic E-state index is 5.53. The van der Waals surface area contributed by atoms with Gasteiger partial charge in [0.1, 0.15) is 0 Å². The molecular weight excluding hydrogens is 581 g/mol. The predicted molar refractivity (Wildman–Crippen MR) is 206 cm³/mol. The van der Waals surface area contributed by atoms with E-state index >= 15 is 0 Å². The van der Waals surface area contributed by atoms with E-state index in [1.54, 1.807) is 6.08 Å². The van der Waals surface area contributed by atoms with Gasteiger partial charge < -0.3 is 9.80 Å². The van der Waals surface area contributed by atoms with Gasteiger partial charge in [0.05, 0.1) is 5.69 Å². The highest BCUT2D eigenvalue weighted by Crippen LogP contribution is 2.40. The number of terminal acetylenes is 1. The van der Waals surface area contributed by atoms with Crippen molar-refractivity contribution in [1.29, 1.82) is 0 Å². The summed E-state index contributed by atoms with van der Waals surface area (Å²) in [7, 11) is 0. The van der Waals surface area contributed by atoms with Crippen molar-refractivity contribution in [2.45, 2.75) is 13.3 Å². The quantitative estimate of drug-likeness (QED) is 0.157. The second kappa shape index (κ2) is 14.0. The van der Waals surface area contributed by atoms with Gasteiger partial charge in [0.15, 0.2) is 0 Å². The van der Waals surface area contributed by atoms with E-state index in [2.05, 4.69) is 193 Å². The van der Waals surface area contributed by atoms with Crippen LogP contribution in [0.15, 0.2) is 182 Å².